The number of benzene rings is 2. The van der Waals surface area contributed by atoms with Crippen molar-refractivity contribution in [3.8, 4) is 0 Å². The molecule has 20 heavy (non-hydrogen) atoms. The molecule has 0 radical (unpaired) electrons. The molecule has 0 aromatic heterocycles. The maximum absolute atomic E-state index is 13.0. The summed E-state index contributed by atoms with van der Waals surface area (Å²) in [4.78, 5) is 11.9. The van der Waals surface area contributed by atoms with Crippen LogP contribution >= 0.6 is 0 Å². The molecule has 0 bridgehead atoms. The van der Waals surface area contributed by atoms with E-state index >= 15 is 0 Å². The van der Waals surface area contributed by atoms with Crippen molar-refractivity contribution in [1.29, 1.82) is 0 Å². The quantitative estimate of drug-likeness (QED) is 0.796. The highest BCUT2D eigenvalue weighted by Gasteiger charge is 2.18. The number of sulfone groups is 1. The fourth-order valence-electron chi connectivity index (χ4n) is 1.82. The summed E-state index contributed by atoms with van der Waals surface area (Å²) in [5.74, 6) is -1.98. The molecule has 0 aliphatic heterocycles. The van der Waals surface area contributed by atoms with E-state index in [-0.39, 0.29) is 11.3 Å². The second kappa shape index (κ2) is 5.96. The van der Waals surface area contributed by atoms with Gasteiger partial charge in [-0.05, 0) is 17.7 Å². The number of hydrogen-bond donors (Lipinski definition) is 0. The van der Waals surface area contributed by atoms with Gasteiger partial charge in [0.25, 0.3) is 0 Å². The van der Waals surface area contributed by atoms with Gasteiger partial charge < -0.3 is 0 Å². The van der Waals surface area contributed by atoms with Crippen LogP contribution in [0.1, 0.15) is 15.9 Å². The topological polar surface area (TPSA) is 51.2 Å². The highest BCUT2D eigenvalue weighted by atomic mass is 32.2. The van der Waals surface area contributed by atoms with Crippen molar-refractivity contribution in [3.05, 3.63) is 71.5 Å². The molecule has 0 N–H and O–H groups in total. The fourth-order valence-corrected chi connectivity index (χ4v) is 3.19. The Hall–Kier alpha value is -2.01. The van der Waals surface area contributed by atoms with Gasteiger partial charge in [0.05, 0.1) is 5.75 Å². The number of ketones is 1. The average molecular weight is 292 g/mol. The van der Waals surface area contributed by atoms with Crippen molar-refractivity contribution in [3.63, 3.8) is 0 Å². The molecule has 2 aromatic carbocycles. The minimum atomic E-state index is -3.57. The Morgan fingerprint density at radius 2 is 1.70 bits per heavy atom. The van der Waals surface area contributed by atoms with Gasteiger partial charge in [-0.25, -0.2) is 12.8 Å². The zero-order chi connectivity index (χ0) is 14.6. The molecule has 0 fully saturated rings. The van der Waals surface area contributed by atoms with Gasteiger partial charge in [0.15, 0.2) is 15.6 Å². The van der Waals surface area contributed by atoms with E-state index < -0.39 is 27.2 Å². The van der Waals surface area contributed by atoms with Crippen molar-refractivity contribution in [2.45, 2.75) is 5.75 Å². The van der Waals surface area contributed by atoms with Crippen LogP contribution in [0.2, 0.25) is 0 Å². The summed E-state index contributed by atoms with van der Waals surface area (Å²) in [7, 11) is -3.57. The lowest BCUT2D eigenvalue weighted by Gasteiger charge is -2.04. The van der Waals surface area contributed by atoms with E-state index in [9.17, 15) is 17.6 Å². The van der Waals surface area contributed by atoms with E-state index in [1.165, 1.54) is 18.2 Å². The molecule has 104 valence electrons. The summed E-state index contributed by atoms with van der Waals surface area (Å²) in [6, 6.07) is 13.7. The summed E-state index contributed by atoms with van der Waals surface area (Å²) in [6.45, 7) is 0. The normalized spacial score (nSPS) is 11.2. The van der Waals surface area contributed by atoms with Crippen molar-refractivity contribution in [1.82, 2.24) is 0 Å². The second-order valence-electron chi connectivity index (χ2n) is 4.45. The molecular weight excluding hydrogens is 279 g/mol. The smallest absolute Gasteiger partial charge is 0.177 e. The van der Waals surface area contributed by atoms with Crippen LogP contribution in [0.15, 0.2) is 54.6 Å². The van der Waals surface area contributed by atoms with E-state index in [0.717, 1.165) is 6.07 Å². The summed E-state index contributed by atoms with van der Waals surface area (Å²) < 4.78 is 36.9. The Kier molecular flexibility index (Phi) is 4.29. The lowest BCUT2D eigenvalue weighted by atomic mass is 10.1. The minimum absolute atomic E-state index is 0.0710. The lowest BCUT2D eigenvalue weighted by molar-refractivity contribution is 0.102. The summed E-state index contributed by atoms with van der Waals surface area (Å²) in [6.07, 6.45) is 0. The maximum atomic E-state index is 13.0. The number of hydrogen-bond acceptors (Lipinski definition) is 3. The summed E-state index contributed by atoms with van der Waals surface area (Å²) in [5.41, 5.74) is 0.696. The Bertz CT molecular complexity index is 709. The largest absolute Gasteiger partial charge is 0.293 e. The van der Waals surface area contributed by atoms with E-state index in [2.05, 4.69) is 0 Å². The van der Waals surface area contributed by atoms with Crippen LogP contribution in [-0.2, 0) is 15.6 Å². The first-order valence-corrected chi connectivity index (χ1v) is 7.81. The predicted molar refractivity (Wildman–Crippen MR) is 74.7 cm³/mol. The van der Waals surface area contributed by atoms with E-state index in [0.29, 0.717) is 5.56 Å². The van der Waals surface area contributed by atoms with Gasteiger partial charge in [-0.15, -0.1) is 0 Å². The van der Waals surface area contributed by atoms with E-state index in [1.54, 1.807) is 30.3 Å². The number of Topliss-reactive ketones (excluding diaryl/α,β-unsaturated/α-hetero) is 1. The summed E-state index contributed by atoms with van der Waals surface area (Å²) in [5, 5.41) is 0. The molecule has 2 rings (SSSR count). The SMILES string of the molecule is O=C(CS(=O)(=O)Cc1ccccc1)c1cccc(F)c1. The first-order chi connectivity index (χ1) is 9.46. The third-order valence-corrected chi connectivity index (χ3v) is 4.20. The second-order valence-corrected chi connectivity index (χ2v) is 6.52. The van der Waals surface area contributed by atoms with E-state index in [1.807, 2.05) is 0 Å². The molecule has 0 spiro atoms. The molecular formula is C15H13FO3S. The molecule has 0 saturated carbocycles. The van der Waals surface area contributed by atoms with Gasteiger partial charge in [-0.3, -0.25) is 4.79 Å². The molecule has 0 saturated heterocycles. The van der Waals surface area contributed by atoms with Crippen LogP contribution in [0.5, 0.6) is 0 Å². The number of carbonyl (C=O) groups excluding carboxylic acids is 1. The molecule has 0 unspecified atom stereocenters. The highest BCUT2D eigenvalue weighted by molar-refractivity contribution is 7.91. The number of carbonyl (C=O) groups is 1. The van der Waals surface area contributed by atoms with Crippen molar-refractivity contribution in [2.75, 3.05) is 5.75 Å². The van der Waals surface area contributed by atoms with Crippen LogP contribution in [0.25, 0.3) is 0 Å². The Balaban J connectivity index is 2.10. The molecule has 0 aliphatic rings. The van der Waals surface area contributed by atoms with Gasteiger partial charge in [-0.2, -0.15) is 0 Å². The van der Waals surface area contributed by atoms with Crippen molar-refractivity contribution < 1.29 is 17.6 Å². The van der Waals surface area contributed by atoms with Gasteiger partial charge in [-0.1, -0.05) is 42.5 Å². The molecule has 0 atom stereocenters. The van der Waals surface area contributed by atoms with Crippen LogP contribution in [0.4, 0.5) is 4.39 Å². The Morgan fingerprint density at radius 3 is 2.35 bits per heavy atom. The molecule has 2 aromatic rings. The van der Waals surface area contributed by atoms with Crippen molar-refractivity contribution in [2.24, 2.45) is 0 Å². The van der Waals surface area contributed by atoms with Gasteiger partial charge in [0, 0.05) is 5.56 Å². The van der Waals surface area contributed by atoms with Crippen LogP contribution in [0, 0.1) is 5.82 Å². The first-order valence-electron chi connectivity index (χ1n) is 5.99. The van der Waals surface area contributed by atoms with Crippen molar-refractivity contribution >= 4 is 15.6 Å². The third kappa shape index (κ3) is 3.99. The molecule has 0 heterocycles. The van der Waals surface area contributed by atoms with E-state index in [4.69, 9.17) is 0 Å². The van der Waals surface area contributed by atoms with Crippen LogP contribution in [0.3, 0.4) is 0 Å². The zero-order valence-corrected chi connectivity index (χ0v) is 11.4. The predicted octanol–water partition coefficient (Wildman–Crippen LogP) is 2.62. The maximum Gasteiger partial charge on any atom is 0.177 e. The summed E-state index contributed by atoms with van der Waals surface area (Å²) >= 11 is 0. The van der Waals surface area contributed by atoms with Crippen LogP contribution in [-0.4, -0.2) is 20.0 Å². The number of halogens is 1. The molecule has 3 nitrogen and oxygen atoms in total. The van der Waals surface area contributed by atoms with Gasteiger partial charge >= 0.3 is 0 Å². The molecule has 0 amide bonds. The van der Waals surface area contributed by atoms with Gasteiger partial charge in [0.1, 0.15) is 11.6 Å². The minimum Gasteiger partial charge on any atom is -0.293 e. The molecule has 5 heteroatoms. The average Bonchev–Trinajstić information content (AvgIpc) is 2.38. The Morgan fingerprint density at radius 1 is 1.00 bits per heavy atom. The van der Waals surface area contributed by atoms with Crippen LogP contribution < -0.4 is 0 Å². The number of rotatable bonds is 5. The fraction of sp³-hybridized carbons (Fsp3) is 0.133. The third-order valence-electron chi connectivity index (χ3n) is 2.73. The highest BCUT2D eigenvalue weighted by Crippen LogP contribution is 2.10. The first kappa shape index (κ1) is 14.4. The molecule has 0 aliphatic carbocycles. The zero-order valence-electron chi connectivity index (χ0n) is 10.6. The lowest BCUT2D eigenvalue weighted by Crippen LogP contribution is -2.18. The monoisotopic (exact) mass is 292 g/mol. The Labute approximate surface area is 117 Å². The van der Waals surface area contributed by atoms with Gasteiger partial charge in [0.2, 0.25) is 0 Å². The standard InChI is InChI=1S/C15H13FO3S/c16-14-8-4-7-13(9-14)15(17)11-20(18,19)10-12-5-2-1-3-6-12/h1-9H,10-11H2.